The summed E-state index contributed by atoms with van der Waals surface area (Å²) in [7, 11) is 0. The molecule has 1 saturated carbocycles. The standard InChI is InChI=1S/C18H27N3O2S/c22-17(11-14-3-1-2-4-14)21-9-6-15(7-10-21)18(23)19-8-5-16-12-24-13-20-16/h12-15H,1-11H2,(H,19,23). The molecule has 0 unspecified atom stereocenters. The maximum Gasteiger partial charge on any atom is 0.223 e. The third-order valence-corrected chi connectivity index (χ3v) is 5.96. The van der Waals surface area contributed by atoms with Crippen LogP contribution < -0.4 is 5.32 Å². The molecule has 1 aliphatic carbocycles. The van der Waals surface area contributed by atoms with Crippen molar-refractivity contribution in [3.63, 3.8) is 0 Å². The van der Waals surface area contributed by atoms with Crippen molar-refractivity contribution in [1.29, 1.82) is 0 Å². The van der Waals surface area contributed by atoms with Gasteiger partial charge in [0.25, 0.3) is 0 Å². The number of rotatable bonds is 6. The smallest absolute Gasteiger partial charge is 0.223 e. The number of thiazole rings is 1. The highest BCUT2D eigenvalue weighted by atomic mass is 32.1. The van der Waals surface area contributed by atoms with E-state index in [-0.39, 0.29) is 11.8 Å². The minimum Gasteiger partial charge on any atom is -0.355 e. The van der Waals surface area contributed by atoms with Gasteiger partial charge < -0.3 is 10.2 Å². The lowest BCUT2D eigenvalue weighted by molar-refractivity contribution is -0.136. The number of piperidine rings is 1. The fraction of sp³-hybridized carbons (Fsp3) is 0.722. The van der Waals surface area contributed by atoms with E-state index < -0.39 is 0 Å². The Morgan fingerprint density at radius 2 is 1.96 bits per heavy atom. The van der Waals surface area contributed by atoms with Crippen LogP contribution in [0.5, 0.6) is 0 Å². The van der Waals surface area contributed by atoms with Gasteiger partial charge in [-0.3, -0.25) is 9.59 Å². The second-order valence-electron chi connectivity index (χ2n) is 7.03. The minimum atomic E-state index is 0.0518. The van der Waals surface area contributed by atoms with Gasteiger partial charge in [0.05, 0.1) is 11.2 Å². The second-order valence-corrected chi connectivity index (χ2v) is 7.75. The summed E-state index contributed by atoms with van der Waals surface area (Å²) < 4.78 is 0. The molecule has 24 heavy (non-hydrogen) atoms. The summed E-state index contributed by atoms with van der Waals surface area (Å²) in [6.45, 7) is 2.11. The lowest BCUT2D eigenvalue weighted by Gasteiger charge is -2.32. The molecular formula is C18H27N3O2S. The second kappa shape index (κ2) is 8.60. The third kappa shape index (κ3) is 4.79. The number of aromatic nitrogens is 1. The van der Waals surface area contributed by atoms with Crippen LogP contribution in [0.15, 0.2) is 10.9 Å². The maximum absolute atomic E-state index is 12.4. The van der Waals surface area contributed by atoms with Gasteiger partial charge in [-0.2, -0.15) is 0 Å². The van der Waals surface area contributed by atoms with Crippen molar-refractivity contribution in [3.05, 3.63) is 16.6 Å². The van der Waals surface area contributed by atoms with Crippen molar-refractivity contribution in [2.45, 2.75) is 51.4 Å². The Morgan fingerprint density at radius 3 is 2.62 bits per heavy atom. The molecule has 1 saturated heterocycles. The summed E-state index contributed by atoms with van der Waals surface area (Å²) in [5.74, 6) is 1.08. The van der Waals surface area contributed by atoms with Crippen LogP contribution in [-0.2, 0) is 16.0 Å². The van der Waals surface area contributed by atoms with Gasteiger partial charge in [-0.1, -0.05) is 12.8 Å². The predicted molar refractivity (Wildman–Crippen MR) is 94.7 cm³/mol. The van der Waals surface area contributed by atoms with Crippen molar-refractivity contribution in [2.24, 2.45) is 11.8 Å². The van der Waals surface area contributed by atoms with Gasteiger partial charge in [0.15, 0.2) is 0 Å². The Morgan fingerprint density at radius 1 is 1.21 bits per heavy atom. The maximum atomic E-state index is 12.4. The molecule has 0 bridgehead atoms. The van der Waals surface area contributed by atoms with Crippen molar-refractivity contribution in [3.8, 4) is 0 Å². The number of carbonyl (C=O) groups excluding carboxylic acids is 2. The first-order valence-electron chi connectivity index (χ1n) is 9.15. The van der Waals surface area contributed by atoms with E-state index in [1.807, 2.05) is 15.8 Å². The first-order chi connectivity index (χ1) is 11.7. The number of amides is 2. The fourth-order valence-corrected chi connectivity index (χ4v) is 4.39. The van der Waals surface area contributed by atoms with Crippen LogP contribution in [0, 0.1) is 11.8 Å². The average molecular weight is 350 g/mol. The molecule has 1 aromatic heterocycles. The van der Waals surface area contributed by atoms with Crippen LogP contribution in [0.25, 0.3) is 0 Å². The van der Waals surface area contributed by atoms with Gasteiger partial charge >= 0.3 is 0 Å². The van der Waals surface area contributed by atoms with Crippen molar-refractivity contribution >= 4 is 23.2 Å². The van der Waals surface area contributed by atoms with Gasteiger partial charge in [0.2, 0.25) is 11.8 Å². The lowest BCUT2D eigenvalue weighted by atomic mass is 9.94. The van der Waals surface area contributed by atoms with Gasteiger partial charge in [0.1, 0.15) is 0 Å². The summed E-state index contributed by atoms with van der Waals surface area (Å²) in [4.78, 5) is 30.8. The molecule has 3 rings (SSSR count). The molecule has 0 spiro atoms. The zero-order chi connectivity index (χ0) is 16.8. The highest BCUT2D eigenvalue weighted by Gasteiger charge is 2.28. The largest absolute Gasteiger partial charge is 0.355 e. The molecule has 0 radical (unpaired) electrons. The molecule has 5 nitrogen and oxygen atoms in total. The summed E-state index contributed by atoms with van der Waals surface area (Å²) in [6, 6.07) is 0. The molecule has 2 amide bonds. The van der Waals surface area contributed by atoms with E-state index in [9.17, 15) is 9.59 Å². The third-order valence-electron chi connectivity index (χ3n) is 5.32. The Hall–Kier alpha value is -1.43. The Labute approximate surface area is 147 Å². The van der Waals surface area contributed by atoms with E-state index in [0.717, 1.165) is 38.0 Å². The number of hydrogen-bond donors (Lipinski definition) is 1. The first kappa shape index (κ1) is 17.4. The molecule has 132 valence electrons. The number of nitrogens with zero attached hydrogens (tertiary/aromatic N) is 2. The van der Waals surface area contributed by atoms with Crippen LogP contribution in [-0.4, -0.2) is 41.3 Å². The Kier molecular flexibility index (Phi) is 6.24. The molecule has 1 aromatic rings. The summed E-state index contributed by atoms with van der Waals surface area (Å²) >= 11 is 1.58. The SMILES string of the molecule is O=C(NCCc1cscn1)C1CCN(C(=O)CC2CCCC2)CC1. The zero-order valence-corrected chi connectivity index (χ0v) is 15.0. The number of hydrogen-bond acceptors (Lipinski definition) is 4. The normalized spacial score (nSPS) is 19.6. The van der Waals surface area contributed by atoms with E-state index in [1.165, 1.54) is 25.7 Å². The van der Waals surface area contributed by atoms with Crippen LogP contribution >= 0.6 is 11.3 Å². The monoisotopic (exact) mass is 349 g/mol. The quantitative estimate of drug-likeness (QED) is 0.859. The Balaban J connectivity index is 1.34. The van der Waals surface area contributed by atoms with Crippen LogP contribution in [0.3, 0.4) is 0 Å². The van der Waals surface area contributed by atoms with Crippen LogP contribution in [0.4, 0.5) is 0 Å². The summed E-state index contributed by atoms with van der Waals surface area (Å²) in [6.07, 6.45) is 8.06. The summed E-state index contributed by atoms with van der Waals surface area (Å²) in [5, 5.41) is 5.03. The van der Waals surface area contributed by atoms with Crippen molar-refractivity contribution in [1.82, 2.24) is 15.2 Å². The molecule has 2 aliphatic rings. The molecule has 2 fully saturated rings. The Bertz CT molecular complexity index is 532. The van der Waals surface area contributed by atoms with E-state index in [4.69, 9.17) is 0 Å². The summed E-state index contributed by atoms with van der Waals surface area (Å²) in [5.41, 5.74) is 2.85. The van der Waals surface area contributed by atoms with Crippen LogP contribution in [0.1, 0.15) is 50.6 Å². The number of likely N-dealkylation sites (tertiary alicyclic amines) is 1. The molecule has 0 atom stereocenters. The highest BCUT2D eigenvalue weighted by Crippen LogP contribution is 2.29. The fourth-order valence-electron chi connectivity index (χ4n) is 3.80. The lowest BCUT2D eigenvalue weighted by Crippen LogP contribution is -2.43. The molecule has 1 aliphatic heterocycles. The molecule has 6 heteroatoms. The first-order valence-corrected chi connectivity index (χ1v) is 10.1. The molecule has 0 aromatic carbocycles. The average Bonchev–Trinajstić information content (AvgIpc) is 3.29. The van der Waals surface area contributed by atoms with Crippen LogP contribution in [0.2, 0.25) is 0 Å². The van der Waals surface area contributed by atoms with Gasteiger partial charge in [-0.15, -0.1) is 11.3 Å². The highest BCUT2D eigenvalue weighted by molar-refractivity contribution is 7.07. The topological polar surface area (TPSA) is 62.3 Å². The van der Waals surface area contributed by atoms with Crippen molar-refractivity contribution in [2.75, 3.05) is 19.6 Å². The number of nitrogens with one attached hydrogen (secondary N) is 1. The van der Waals surface area contributed by atoms with Gasteiger partial charge in [-0.05, 0) is 31.6 Å². The van der Waals surface area contributed by atoms with E-state index in [2.05, 4.69) is 10.3 Å². The zero-order valence-electron chi connectivity index (χ0n) is 14.2. The van der Waals surface area contributed by atoms with Gasteiger partial charge in [-0.25, -0.2) is 4.98 Å². The van der Waals surface area contributed by atoms with Crippen molar-refractivity contribution < 1.29 is 9.59 Å². The van der Waals surface area contributed by atoms with E-state index >= 15 is 0 Å². The molecular weight excluding hydrogens is 322 g/mol. The van der Waals surface area contributed by atoms with E-state index in [1.54, 1.807) is 11.3 Å². The molecule has 2 heterocycles. The van der Waals surface area contributed by atoms with Gasteiger partial charge in [0, 0.05) is 43.8 Å². The molecule has 1 N–H and O–H groups in total. The number of carbonyl (C=O) groups is 2. The predicted octanol–water partition coefficient (Wildman–Crippen LogP) is 2.62. The minimum absolute atomic E-state index is 0.0518. The van der Waals surface area contributed by atoms with E-state index in [0.29, 0.717) is 24.8 Å².